The SMILES string of the molecule is CCCCCCC(NC)C1(OC)CCCC(C)C1. The molecule has 0 aliphatic heterocycles. The van der Waals surface area contributed by atoms with E-state index >= 15 is 0 Å². The van der Waals surface area contributed by atoms with Crippen LogP contribution < -0.4 is 5.32 Å². The first-order valence-corrected chi connectivity index (χ1v) is 7.91. The lowest BCUT2D eigenvalue weighted by Crippen LogP contribution is -2.53. The van der Waals surface area contributed by atoms with Gasteiger partial charge in [0.05, 0.1) is 5.60 Å². The van der Waals surface area contributed by atoms with E-state index in [-0.39, 0.29) is 5.60 Å². The highest BCUT2D eigenvalue weighted by Crippen LogP contribution is 2.38. The van der Waals surface area contributed by atoms with Crippen LogP contribution in [-0.4, -0.2) is 25.8 Å². The van der Waals surface area contributed by atoms with Crippen molar-refractivity contribution in [3.63, 3.8) is 0 Å². The molecule has 3 unspecified atom stereocenters. The number of ether oxygens (including phenoxy) is 1. The van der Waals surface area contributed by atoms with Crippen LogP contribution in [0.5, 0.6) is 0 Å². The molecule has 108 valence electrons. The summed E-state index contributed by atoms with van der Waals surface area (Å²) in [5.74, 6) is 0.810. The maximum Gasteiger partial charge on any atom is 0.0833 e. The van der Waals surface area contributed by atoms with E-state index in [1.54, 1.807) is 0 Å². The Morgan fingerprint density at radius 2 is 2.11 bits per heavy atom. The van der Waals surface area contributed by atoms with E-state index in [9.17, 15) is 0 Å². The molecule has 0 bridgehead atoms. The van der Waals surface area contributed by atoms with Crippen molar-refractivity contribution in [1.82, 2.24) is 5.32 Å². The van der Waals surface area contributed by atoms with Gasteiger partial charge in [0.1, 0.15) is 0 Å². The molecule has 0 aromatic rings. The van der Waals surface area contributed by atoms with Crippen LogP contribution in [0.4, 0.5) is 0 Å². The molecule has 1 aliphatic rings. The van der Waals surface area contributed by atoms with Gasteiger partial charge >= 0.3 is 0 Å². The molecule has 0 saturated heterocycles. The van der Waals surface area contributed by atoms with Gasteiger partial charge in [0.15, 0.2) is 0 Å². The number of hydrogen-bond donors (Lipinski definition) is 1. The van der Waals surface area contributed by atoms with Crippen LogP contribution in [0.2, 0.25) is 0 Å². The number of likely N-dealkylation sites (N-methyl/N-ethyl adjacent to an activating group) is 1. The van der Waals surface area contributed by atoms with Gasteiger partial charge in [-0.3, -0.25) is 0 Å². The van der Waals surface area contributed by atoms with Crippen molar-refractivity contribution in [1.29, 1.82) is 0 Å². The van der Waals surface area contributed by atoms with Crippen molar-refractivity contribution in [2.45, 2.75) is 83.3 Å². The molecule has 18 heavy (non-hydrogen) atoms. The predicted octanol–water partition coefficient (Wildman–Crippen LogP) is 4.14. The van der Waals surface area contributed by atoms with Crippen molar-refractivity contribution in [2.24, 2.45) is 5.92 Å². The summed E-state index contributed by atoms with van der Waals surface area (Å²) in [5.41, 5.74) is 0.0959. The van der Waals surface area contributed by atoms with Crippen LogP contribution in [0.15, 0.2) is 0 Å². The lowest BCUT2D eigenvalue weighted by atomic mass is 9.73. The van der Waals surface area contributed by atoms with Gasteiger partial charge in [-0.15, -0.1) is 0 Å². The first kappa shape index (κ1) is 16.0. The monoisotopic (exact) mass is 255 g/mol. The Morgan fingerprint density at radius 1 is 1.33 bits per heavy atom. The van der Waals surface area contributed by atoms with E-state index in [1.807, 2.05) is 7.11 Å². The van der Waals surface area contributed by atoms with E-state index in [2.05, 4.69) is 26.2 Å². The number of rotatable bonds is 8. The molecule has 1 saturated carbocycles. The normalized spacial score (nSPS) is 30.3. The third-order valence-electron chi connectivity index (χ3n) is 4.73. The molecule has 1 fully saturated rings. The van der Waals surface area contributed by atoms with E-state index in [0.717, 1.165) is 5.92 Å². The second-order valence-corrected chi connectivity index (χ2v) is 6.16. The van der Waals surface area contributed by atoms with Crippen molar-refractivity contribution in [3.8, 4) is 0 Å². The molecular formula is C16H33NO. The van der Waals surface area contributed by atoms with Gasteiger partial charge in [-0.1, -0.05) is 52.4 Å². The lowest BCUT2D eigenvalue weighted by Gasteiger charge is -2.44. The van der Waals surface area contributed by atoms with Crippen LogP contribution in [0.25, 0.3) is 0 Å². The summed E-state index contributed by atoms with van der Waals surface area (Å²) in [4.78, 5) is 0. The highest BCUT2D eigenvalue weighted by Gasteiger charge is 2.40. The van der Waals surface area contributed by atoms with Gasteiger partial charge in [0.25, 0.3) is 0 Å². The van der Waals surface area contributed by atoms with Crippen molar-refractivity contribution < 1.29 is 4.74 Å². The molecule has 0 radical (unpaired) electrons. The van der Waals surface area contributed by atoms with E-state index in [1.165, 1.54) is 57.8 Å². The number of unbranched alkanes of at least 4 members (excludes halogenated alkanes) is 3. The zero-order chi connectivity index (χ0) is 13.4. The fourth-order valence-electron chi connectivity index (χ4n) is 3.63. The average Bonchev–Trinajstić information content (AvgIpc) is 2.38. The summed E-state index contributed by atoms with van der Waals surface area (Å²) in [5, 5.41) is 3.54. The average molecular weight is 255 g/mol. The highest BCUT2D eigenvalue weighted by molar-refractivity contribution is 4.96. The van der Waals surface area contributed by atoms with E-state index < -0.39 is 0 Å². The van der Waals surface area contributed by atoms with Crippen molar-refractivity contribution in [3.05, 3.63) is 0 Å². The van der Waals surface area contributed by atoms with E-state index in [4.69, 9.17) is 4.74 Å². The Hall–Kier alpha value is -0.0800. The molecule has 0 heterocycles. The maximum absolute atomic E-state index is 6.00. The van der Waals surface area contributed by atoms with Gasteiger partial charge in [0, 0.05) is 13.2 Å². The third kappa shape index (κ3) is 4.24. The smallest absolute Gasteiger partial charge is 0.0833 e. The Kier molecular flexibility index (Phi) is 7.25. The molecule has 3 atom stereocenters. The molecule has 1 rings (SSSR count). The van der Waals surface area contributed by atoms with Crippen molar-refractivity contribution in [2.75, 3.05) is 14.2 Å². The fourth-order valence-corrected chi connectivity index (χ4v) is 3.63. The van der Waals surface area contributed by atoms with Crippen LogP contribution in [-0.2, 0) is 4.74 Å². The summed E-state index contributed by atoms with van der Waals surface area (Å²) in [6.45, 7) is 4.64. The molecule has 1 N–H and O–H groups in total. The predicted molar refractivity (Wildman–Crippen MR) is 79.0 cm³/mol. The minimum Gasteiger partial charge on any atom is -0.377 e. The zero-order valence-corrected chi connectivity index (χ0v) is 12.9. The van der Waals surface area contributed by atoms with Gasteiger partial charge in [-0.25, -0.2) is 0 Å². The lowest BCUT2D eigenvalue weighted by molar-refractivity contribution is -0.0798. The highest BCUT2D eigenvalue weighted by atomic mass is 16.5. The molecule has 1 aliphatic carbocycles. The Morgan fingerprint density at radius 3 is 2.67 bits per heavy atom. The maximum atomic E-state index is 6.00. The van der Waals surface area contributed by atoms with E-state index in [0.29, 0.717) is 6.04 Å². The summed E-state index contributed by atoms with van der Waals surface area (Å²) in [6.07, 6.45) is 11.8. The largest absolute Gasteiger partial charge is 0.377 e. The Balaban J connectivity index is 2.53. The minimum absolute atomic E-state index is 0.0959. The Bertz CT molecular complexity index is 219. The number of methoxy groups -OCH3 is 1. The first-order chi connectivity index (χ1) is 8.68. The molecular weight excluding hydrogens is 222 g/mol. The topological polar surface area (TPSA) is 21.3 Å². The van der Waals surface area contributed by atoms with Gasteiger partial charge in [0.2, 0.25) is 0 Å². The zero-order valence-electron chi connectivity index (χ0n) is 12.9. The molecule has 0 amide bonds. The second-order valence-electron chi connectivity index (χ2n) is 6.16. The summed E-state index contributed by atoms with van der Waals surface area (Å²) < 4.78 is 6.00. The summed E-state index contributed by atoms with van der Waals surface area (Å²) in [6, 6.07) is 0.530. The molecule has 2 nitrogen and oxygen atoms in total. The Labute approximate surface area is 114 Å². The van der Waals surface area contributed by atoms with Crippen LogP contribution in [0.3, 0.4) is 0 Å². The fraction of sp³-hybridized carbons (Fsp3) is 1.00. The summed E-state index contributed by atoms with van der Waals surface area (Å²) >= 11 is 0. The minimum atomic E-state index is 0.0959. The van der Waals surface area contributed by atoms with Gasteiger partial charge in [-0.2, -0.15) is 0 Å². The van der Waals surface area contributed by atoms with Crippen LogP contribution in [0.1, 0.15) is 71.6 Å². The molecule has 0 aromatic heterocycles. The van der Waals surface area contributed by atoms with Gasteiger partial charge < -0.3 is 10.1 Å². The van der Waals surface area contributed by atoms with Crippen LogP contribution in [0, 0.1) is 5.92 Å². The van der Waals surface area contributed by atoms with Crippen LogP contribution >= 0.6 is 0 Å². The standard InChI is InChI=1S/C16H33NO/c1-5-6-7-8-11-15(17-3)16(18-4)12-9-10-14(2)13-16/h14-15,17H,5-13H2,1-4H3. The second kappa shape index (κ2) is 8.16. The number of hydrogen-bond acceptors (Lipinski definition) is 2. The first-order valence-electron chi connectivity index (χ1n) is 7.91. The number of nitrogens with one attached hydrogen (secondary N) is 1. The van der Waals surface area contributed by atoms with Gasteiger partial charge in [-0.05, 0) is 32.2 Å². The quantitative estimate of drug-likeness (QED) is 0.658. The molecule has 0 spiro atoms. The summed E-state index contributed by atoms with van der Waals surface area (Å²) in [7, 11) is 4.01. The molecule has 2 heteroatoms. The van der Waals surface area contributed by atoms with Crippen molar-refractivity contribution >= 4 is 0 Å². The third-order valence-corrected chi connectivity index (χ3v) is 4.73. The molecule has 0 aromatic carbocycles.